The number of fused-ring (bicyclic) bond motifs is 1. The van der Waals surface area contributed by atoms with Crippen LogP contribution in [0.2, 0.25) is 0 Å². The van der Waals surface area contributed by atoms with Crippen molar-refractivity contribution in [2.24, 2.45) is 5.92 Å². The molecule has 3 atom stereocenters. The van der Waals surface area contributed by atoms with Crippen LogP contribution in [0.3, 0.4) is 0 Å². The van der Waals surface area contributed by atoms with E-state index < -0.39 is 48.2 Å². The van der Waals surface area contributed by atoms with Gasteiger partial charge in [0.2, 0.25) is 11.8 Å². The van der Waals surface area contributed by atoms with E-state index in [1.54, 1.807) is 39.1 Å². The average Bonchev–Trinajstić information content (AvgIpc) is 2.85. The van der Waals surface area contributed by atoms with Crippen LogP contribution in [0, 0.1) is 5.92 Å². The number of aliphatic carboxylic acids is 1. The van der Waals surface area contributed by atoms with Gasteiger partial charge in [-0.15, -0.1) is 0 Å². The van der Waals surface area contributed by atoms with Crippen LogP contribution in [0.4, 0.5) is 0 Å². The lowest BCUT2D eigenvalue weighted by molar-refractivity contribution is -0.147. The summed E-state index contributed by atoms with van der Waals surface area (Å²) >= 11 is 0. The maximum atomic E-state index is 13.7. The summed E-state index contributed by atoms with van der Waals surface area (Å²) in [5.41, 5.74) is 0.196. The van der Waals surface area contributed by atoms with Crippen molar-refractivity contribution in [2.75, 3.05) is 26.7 Å². The van der Waals surface area contributed by atoms with Crippen LogP contribution in [0.5, 0.6) is 0 Å². The van der Waals surface area contributed by atoms with Crippen LogP contribution < -0.4 is 10.6 Å². The SMILES string of the molecule is CC(C)C(NC(=O)c1nccc2ccccc12)C(=O)N1CCN(C)C[C@H]1C(=O)N[C@H](C=O)CC(=O)O. The van der Waals surface area contributed by atoms with Gasteiger partial charge in [-0.1, -0.05) is 38.1 Å². The molecular formula is C25H31N5O6. The fraction of sp³-hybridized carbons (Fsp3) is 0.440. The Morgan fingerprint density at radius 2 is 1.86 bits per heavy atom. The van der Waals surface area contributed by atoms with E-state index in [4.69, 9.17) is 5.11 Å². The molecule has 1 aliphatic heterocycles. The highest BCUT2D eigenvalue weighted by Gasteiger charge is 2.39. The monoisotopic (exact) mass is 497 g/mol. The number of pyridine rings is 1. The van der Waals surface area contributed by atoms with E-state index in [0.717, 1.165) is 5.39 Å². The molecule has 3 rings (SSSR count). The smallest absolute Gasteiger partial charge is 0.305 e. The Bertz CT molecular complexity index is 1150. The number of rotatable bonds is 9. The van der Waals surface area contributed by atoms with E-state index in [1.807, 2.05) is 17.0 Å². The van der Waals surface area contributed by atoms with Crippen LogP contribution in [0.15, 0.2) is 36.5 Å². The molecule has 11 nitrogen and oxygen atoms in total. The number of nitrogens with one attached hydrogen (secondary N) is 2. The summed E-state index contributed by atoms with van der Waals surface area (Å²) in [6.07, 6.45) is 1.33. The van der Waals surface area contributed by atoms with E-state index in [2.05, 4.69) is 15.6 Å². The molecule has 0 spiro atoms. The number of piperazine rings is 1. The molecule has 0 saturated carbocycles. The number of aldehydes is 1. The molecule has 1 aliphatic rings. The van der Waals surface area contributed by atoms with Crippen LogP contribution in [0.25, 0.3) is 10.8 Å². The van der Waals surface area contributed by atoms with Crippen molar-refractivity contribution in [3.05, 3.63) is 42.2 Å². The van der Waals surface area contributed by atoms with E-state index in [0.29, 0.717) is 18.2 Å². The van der Waals surface area contributed by atoms with Crippen molar-refractivity contribution in [1.82, 2.24) is 25.4 Å². The van der Waals surface area contributed by atoms with E-state index in [-0.39, 0.29) is 24.7 Å². The molecule has 2 aromatic rings. The summed E-state index contributed by atoms with van der Waals surface area (Å²) in [5, 5.41) is 15.7. The Morgan fingerprint density at radius 1 is 1.14 bits per heavy atom. The van der Waals surface area contributed by atoms with Crippen LogP contribution in [0.1, 0.15) is 30.8 Å². The predicted molar refractivity (Wildman–Crippen MR) is 131 cm³/mol. The largest absolute Gasteiger partial charge is 0.481 e. The molecule has 3 amide bonds. The molecule has 192 valence electrons. The topological polar surface area (TPSA) is 149 Å². The minimum Gasteiger partial charge on any atom is -0.481 e. The second kappa shape index (κ2) is 11.7. The maximum Gasteiger partial charge on any atom is 0.305 e. The van der Waals surface area contributed by atoms with Gasteiger partial charge in [0.25, 0.3) is 5.91 Å². The average molecular weight is 498 g/mol. The van der Waals surface area contributed by atoms with Crippen molar-refractivity contribution in [2.45, 2.75) is 38.4 Å². The number of carbonyl (C=O) groups is 5. The number of nitrogens with zero attached hydrogens (tertiary/aromatic N) is 3. The second-order valence-corrected chi connectivity index (χ2v) is 9.23. The van der Waals surface area contributed by atoms with Crippen molar-refractivity contribution in [1.29, 1.82) is 0 Å². The van der Waals surface area contributed by atoms with Crippen molar-refractivity contribution >= 4 is 40.7 Å². The number of hydrogen-bond acceptors (Lipinski definition) is 7. The Hall–Kier alpha value is -3.86. The minimum absolute atomic E-state index is 0.194. The fourth-order valence-electron chi connectivity index (χ4n) is 4.21. The molecule has 0 aliphatic carbocycles. The first-order chi connectivity index (χ1) is 17.1. The van der Waals surface area contributed by atoms with E-state index in [9.17, 15) is 24.0 Å². The zero-order valence-corrected chi connectivity index (χ0v) is 20.5. The Labute approximate surface area is 208 Å². The molecule has 1 aromatic heterocycles. The fourth-order valence-corrected chi connectivity index (χ4v) is 4.21. The third-order valence-corrected chi connectivity index (χ3v) is 6.16. The highest BCUT2D eigenvalue weighted by atomic mass is 16.4. The number of likely N-dealkylation sites (N-methyl/N-ethyl adjacent to an activating group) is 1. The normalized spacial score (nSPS) is 17.9. The van der Waals surface area contributed by atoms with Gasteiger partial charge in [-0.05, 0) is 24.4 Å². The van der Waals surface area contributed by atoms with Crippen molar-refractivity contribution in [3.63, 3.8) is 0 Å². The molecule has 1 unspecified atom stereocenters. The summed E-state index contributed by atoms with van der Waals surface area (Å²) in [4.78, 5) is 69.6. The zero-order valence-electron chi connectivity index (χ0n) is 20.5. The van der Waals surface area contributed by atoms with Crippen LogP contribution in [-0.4, -0.2) is 94.7 Å². The van der Waals surface area contributed by atoms with Gasteiger partial charge >= 0.3 is 5.97 Å². The quantitative estimate of drug-likeness (QED) is 0.419. The number of aromatic nitrogens is 1. The molecule has 36 heavy (non-hydrogen) atoms. The number of hydrogen-bond donors (Lipinski definition) is 3. The summed E-state index contributed by atoms with van der Waals surface area (Å²) in [6, 6.07) is 6.00. The number of carbonyl (C=O) groups excluding carboxylic acids is 4. The summed E-state index contributed by atoms with van der Waals surface area (Å²) in [6.45, 7) is 4.51. The summed E-state index contributed by atoms with van der Waals surface area (Å²) in [7, 11) is 1.80. The predicted octanol–water partition coefficient (Wildman–Crippen LogP) is 0.290. The van der Waals surface area contributed by atoms with Gasteiger partial charge in [0.05, 0.1) is 12.5 Å². The Balaban J connectivity index is 1.82. The highest BCUT2D eigenvalue weighted by molar-refractivity contribution is 6.06. The third-order valence-electron chi connectivity index (χ3n) is 6.16. The first-order valence-electron chi connectivity index (χ1n) is 11.7. The molecule has 0 bridgehead atoms. The number of benzene rings is 1. The standard InChI is InChI=1S/C25H31N5O6/c1-15(2)21(28-24(35)22-18-7-5-4-6-16(18)8-9-26-22)25(36)30-11-10-29(3)13-19(30)23(34)27-17(14-31)12-20(32)33/h4-9,14-15,17,19,21H,10-13H2,1-3H3,(H,27,34)(H,28,35)(H,32,33)/t17-,19-,21?/m0/s1. The molecule has 1 fully saturated rings. The molecular weight excluding hydrogens is 466 g/mol. The Morgan fingerprint density at radius 3 is 2.53 bits per heavy atom. The Kier molecular flexibility index (Phi) is 8.70. The number of amides is 3. The van der Waals surface area contributed by atoms with Crippen LogP contribution in [-0.2, 0) is 19.2 Å². The van der Waals surface area contributed by atoms with Gasteiger partial charge in [0, 0.05) is 31.2 Å². The van der Waals surface area contributed by atoms with Gasteiger partial charge in [0.1, 0.15) is 24.1 Å². The van der Waals surface area contributed by atoms with Crippen molar-refractivity contribution < 1.29 is 29.1 Å². The molecule has 2 heterocycles. The summed E-state index contributed by atoms with van der Waals surface area (Å²) in [5.74, 6) is -3.10. The molecule has 0 radical (unpaired) electrons. The lowest BCUT2D eigenvalue weighted by Crippen LogP contribution is -2.64. The zero-order chi connectivity index (χ0) is 26.4. The van der Waals surface area contributed by atoms with E-state index in [1.165, 1.54) is 11.1 Å². The van der Waals surface area contributed by atoms with Gasteiger partial charge in [-0.25, -0.2) is 0 Å². The van der Waals surface area contributed by atoms with Gasteiger partial charge in [-0.2, -0.15) is 0 Å². The highest BCUT2D eigenvalue weighted by Crippen LogP contribution is 2.18. The second-order valence-electron chi connectivity index (χ2n) is 9.23. The molecule has 1 saturated heterocycles. The maximum absolute atomic E-state index is 13.7. The molecule has 1 aromatic carbocycles. The lowest BCUT2D eigenvalue weighted by Gasteiger charge is -2.41. The first-order valence-corrected chi connectivity index (χ1v) is 11.7. The summed E-state index contributed by atoms with van der Waals surface area (Å²) < 4.78 is 0. The van der Waals surface area contributed by atoms with Crippen LogP contribution >= 0.6 is 0 Å². The van der Waals surface area contributed by atoms with Gasteiger partial charge in [-0.3, -0.25) is 24.2 Å². The van der Waals surface area contributed by atoms with E-state index >= 15 is 0 Å². The van der Waals surface area contributed by atoms with Gasteiger partial charge in [0.15, 0.2) is 0 Å². The first kappa shape index (κ1) is 26.7. The number of carboxylic acids is 1. The third kappa shape index (κ3) is 6.22. The minimum atomic E-state index is -1.23. The molecule has 3 N–H and O–H groups in total. The number of carboxylic acid groups (broad SMARTS) is 1. The molecule has 11 heteroatoms. The lowest BCUT2D eigenvalue weighted by atomic mass is 9.99. The van der Waals surface area contributed by atoms with Gasteiger partial charge < -0.3 is 30.3 Å². The van der Waals surface area contributed by atoms with Crippen molar-refractivity contribution in [3.8, 4) is 0 Å².